The molecule has 1 rings (SSSR count). The Hall–Kier alpha value is -1.13. The molecule has 0 saturated carbocycles. The molecule has 0 atom stereocenters. The number of rotatable bonds is 1. The molecule has 0 aliphatic carbocycles. The van der Waals surface area contributed by atoms with E-state index in [4.69, 9.17) is 0 Å². The molecule has 12 heavy (non-hydrogen) atoms. The molecule has 0 aromatic heterocycles. The highest BCUT2D eigenvalue weighted by atomic mass is 32.1. The van der Waals surface area contributed by atoms with Crippen molar-refractivity contribution in [2.45, 2.75) is 0 Å². The van der Waals surface area contributed by atoms with Gasteiger partial charge in [0, 0.05) is 5.56 Å². The average Bonchev–Trinajstić information content (AvgIpc) is 2.15. The first-order valence-corrected chi connectivity index (χ1v) is 4.32. The molecule has 0 unspecified atom stereocenters. The maximum atomic E-state index is 4.00. The monoisotopic (exact) mass is 174 g/mol. The second-order valence-corrected chi connectivity index (χ2v) is 2.60. The van der Waals surface area contributed by atoms with Crippen LogP contribution in [0.4, 0.5) is 0 Å². The Morgan fingerprint density at radius 2 is 2.00 bits per heavy atom. The van der Waals surface area contributed by atoms with Gasteiger partial charge in [-0.05, 0) is 17.7 Å². The number of hydrogen-bond acceptors (Lipinski definition) is 1. The van der Waals surface area contributed by atoms with Crippen LogP contribution in [-0.4, -0.2) is 5.75 Å². The second kappa shape index (κ2) is 4.69. The van der Waals surface area contributed by atoms with Crippen molar-refractivity contribution in [2.24, 2.45) is 0 Å². The van der Waals surface area contributed by atoms with Gasteiger partial charge in [0.25, 0.3) is 0 Å². The highest BCUT2D eigenvalue weighted by molar-refractivity contribution is 7.80. The molecule has 0 saturated heterocycles. The van der Waals surface area contributed by atoms with Gasteiger partial charge in [0.05, 0.1) is 5.75 Å². The second-order valence-electron chi connectivity index (χ2n) is 2.29. The van der Waals surface area contributed by atoms with Crippen LogP contribution in [0, 0.1) is 11.8 Å². The SMILES string of the molecule is C=Cc1ccc(C#CCS)cc1. The maximum absolute atomic E-state index is 4.00. The van der Waals surface area contributed by atoms with Crippen molar-refractivity contribution in [3.63, 3.8) is 0 Å². The molecule has 0 amide bonds. The van der Waals surface area contributed by atoms with Crippen LogP contribution in [0.1, 0.15) is 11.1 Å². The first-order valence-electron chi connectivity index (χ1n) is 3.69. The minimum absolute atomic E-state index is 0.600. The minimum atomic E-state index is 0.600. The molecule has 0 aliphatic rings. The van der Waals surface area contributed by atoms with E-state index in [-0.39, 0.29) is 0 Å². The summed E-state index contributed by atoms with van der Waals surface area (Å²) in [6.45, 7) is 3.67. The van der Waals surface area contributed by atoms with E-state index in [0.29, 0.717) is 5.75 Å². The Morgan fingerprint density at radius 1 is 1.33 bits per heavy atom. The summed E-state index contributed by atoms with van der Waals surface area (Å²) in [6.07, 6.45) is 1.82. The Balaban J connectivity index is 2.84. The molecule has 0 fully saturated rings. The lowest BCUT2D eigenvalue weighted by Crippen LogP contribution is -1.75. The third-order valence-corrected chi connectivity index (χ3v) is 1.62. The third-order valence-electron chi connectivity index (χ3n) is 1.46. The van der Waals surface area contributed by atoms with Crippen molar-refractivity contribution in [2.75, 3.05) is 5.75 Å². The molecule has 0 bridgehead atoms. The van der Waals surface area contributed by atoms with Gasteiger partial charge in [0.2, 0.25) is 0 Å². The van der Waals surface area contributed by atoms with Crippen molar-refractivity contribution >= 4 is 18.7 Å². The molecule has 1 heteroatoms. The van der Waals surface area contributed by atoms with E-state index >= 15 is 0 Å². The predicted molar refractivity (Wildman–Crippen MR) is 57.3 cm³/mol. The van der Waals surface area contributed by atoms with Crippen molar-refractivity contribution in [1.29, 1.82) is 0 Å². The zero-order chi connectivity index (χ0) is 8.81. The fourth-order valence-corrected chi connectivity index (χ4v) is 0.923. The summed E-state index contributed by atoms with van der Waals surface area (Å²) in [5.41, 5.74) is 2.14. The van der Waals surface area contributed by atoms with E-state index in [9.17, 15) is 0 Å². The fraction of sp³-hybridized carbons (Fsp3) is 0.0909. The van der Waals surface area contributed by atoms with E-state index in [1.165, 1.54) is 0 Å². The summed E-state index contributed by atoms with van der Waals surface area (Å²) in [7, 11) is 0. The Morgan fingerprint density at radius 3 is 2.50 bits per heavy atom. The third kappa shape index (κ3) is 2.48. The van der Waals surface area contributed by atoms with Gasteiger partial charge in [-0.2, -0.15) is 12.6 Å². The van der Waals surface area contributed by atoms with Crippen LogP contribution in [0.3, 0.4) is 0 Å². The molecule has 0 aliphatic heterocycles. The fourth-order valence-electron chi connectivity index (χ4n) is 0.844. The van der Waals surface area contributed by atoms with Gasteiger partial charge in [-0.1, -0.05) is 36.6 Å². The van der Waals surface area contributed by atoms with Gasteiger partial charge >= 0.3 is 0 Å². The smallest absolute Gasteiger partial charge is 0.0521 e. The zero-order valence-electron chi connectivity index (χ0n) is 6.75. The summed E-state index contributed by atoms with van der Waals surface area (Å²) in [6, 6.07) is 7.95. The van der Waals surface area contributed by atoms with Crippen LogP contribution < -0.4 is 0 Å². The quantitative estimate of drug-likeness (QED) is 0.491. The zero-order valence-corrected chi connectivity index (χ0v) is 7.64. The van der Waals surface area contributed by atoms with Crippen LogP contribution in [-0.2, 0) is 0 Å². The van der Waals surface area contributed by atoms with Gasteiger partial charge in [-0.15, -0.1) is 0 Å². The van der Waals surface area contributed by atoms with Crippen LogP contribution >= 0.6 is 12.6 Å². The number of benzene rings is 1. The normalized spacial score (nSPS) is 8.42. The van der Waals surface area contributed by atoms with Gasteiger partial charge in [-0.25, -0.2) is 0 Å². The van der Waals surface area contributed by atoms with E-state index in [1.54, 1.807) is 0 Å². The van der Waals surface area contributed by atoms with E-state index < -0.39 is 0 Å². The molecule has 1 aromatic carbocycles. The minimum Gasteiger partial charge on any atom is -0.166 e. The molecule has 0 N–H and O–H groups in total. The van der Waals surface area contributed by atoms with E-state index in [2.05, 4.69) is 31.0 Å². The lowest BCUT2D eigenvalue weighted by atomic mass is 10.1. The topological polar surface area (TPSA) is 0 Å². The number of hydrogen-bond donors (Lipinski definition) is 1. The maximum Gasteiger partial charge on any atom is 0.0521 e. The van der Waals surface area contributed by atoms with Crippen LogP contribution in [0.2, 0.25) is 0 Å². The molecule has 0 nitrogen and oxygen atoms in total. The molecule has 60 valence electrons. The summed E-state index contributed by atoms with van der Waals surface area (Å²) in [4.78, 5) is 0. The summed E-state index contributed by atoms with van der Waals surface area (Å²) >= 11 is 4.00. The molecule has 0 radical (unpaired) electrons. The standard InChI is InChI=1S/C11H10S/c1-2-10-5-7-11(8-6-10)4-3-9-12/h2,5-8,12H,1,9H2. The summed E-state index contributed by atoms with van der Waals surface area (Å²) in [5.74, 6) is 6.48. The van der Waals surface area contributed by atoms with Crippen LogP contribution in [0.5, 0.6) is 0 Å². The molecular formula is C11H10S. The van der Waals surface area contributed by atoms with Crippen LogP contribution in [0.15, 0.2) is 30.8 Å². The number of thiol groups is 1. The Bertz CT molecular complexity index is 311. The Kier molecular flexibility index (Phi) is 3.50. The van der Waals surface area contributed by atoms with Crippen molar-refractivity contribution in [3.05, 3.63) is 42.0 Å². The van der Waals surface area contributed by atoms with Crippen molar-refractivity contribution < 1.29 is 0 Å². The Labute approximate surface area is 78.7 Å². The summed E-state index contributed by atoms with van der Waals surface area (Å²) in [5, 5.41) is 0. The highest BCUT2D eigenvalue weighted by Crippen LogP contribution is 2.03. The van der Waals surface area contributed by atoms with E-state index in [0.717, 1.165) is 11.1 Å². The summed E-state index contributed by atoms with van der Waals surface area (Å²) < 4.78 is 0. The predicted octanol–water partition coefficient (Wildman–Crippen LogP) is 2.61. The average molecular weight is 174 g/mol. The molecular weight excluding hydrogens is 164 g/mol. The largest absolute Gasteiger partial charge is 0.166 e. The molecule has 0 heterocycles. The van der Waals surface area contributed by atoms with Crippen molar-refractivity contribution in [1.82, 2.24) is 0 Å². The lowest BCUT2D eigenvalue weighted by Gasteiger charge is -1.91. The lowest BCUT2D eigenvalue weighted by molar-refractivity contribution is 1.61. The molecule has 1 aromatic rings. The van der Waals surface area contributed by atoms with Gasteiger partial charge in [-0.3, -0.25) is 0 Å². The van der Waals surface area contributed by atoms with Gasteiger partial charge < -0.3 is 0 Å². The highest BCUT2D eigenvalue weighted by Gasteiger charge is 1.85. The van der Waals surface area contributed by atoms with Crippen LogP contribution in [0.25, 0.3) is 6.08 Å². The molecule has 0 spiro atoms. The first-order chi connectivity index (χ1) is 5.86. The first kappa shape index (κ1) is 8.96. The van der Waals surface area contributed by atoms with E-state index in [1.807, 2.05) is 30.3 Å². The van der Waals surface area contributed by atoms with Gasteiger partial charge in [0.15, 0.2) is 0 Å². The van der Waals surface area contributed by atoms with Crippen molar-refractivity contribution in [3.8, 4) is 11.8 Å². The van der Waals surface area contributed by atoms with Gasteiger partial charge in [0.1, 0.15) is 0 Å².